The molecule has 1 unspecified atom stereocenters. The Morgan fingerprint density at radius 3 is 2.58 bits per heavy atom. The van der Waals surface area contributed by atoms with Gasteiger partial charge in [0.05, 0.1) is 14.2 Å². The van der Waals surface area contributed by atoms with Gasteiger partial charge < -0.3 is 19.0 Å². The van der Waals surface area contributed by atoms with Crippen molar-refractivity contribution in [2.24, 2.45) is 0 Å². The van der Waals surface area contributed by atoms with Crippen molar-refractivity contribution in [3.63, 3.8) is 0 Å². The number of nitrogens with zero attached hydrogens (tertiary/aromatic N) is 1. The van der Waals surface area contributed by atoms with Crippen LogP contribution in [-0.4, -0.2) is 44.6 Å². The van der Waals surface area contributed by atoms with Gasteiger partial charge in [0, 0.05) is 36.2 Å². The van der Waals surface area contributed by atoms with Gasteiger partial charge in [-0.15, -0.1) is 0 Å². The van der Waals surface area contributed by atoms with E-state index < -0.39 is 5.63 Å². The van der Waals surface area contributed by atoms with Crippen molar-refractivity contribution in [3.8, 4) is 5.75 Å². The molecule has 0 fully saturated rings. The maximum Gasteiger partial charge on any atom is 0.336 e. The van der Waals surface area contributed by atoms with Crippen LogP contribution < -0.4 is 15.3 Å². The van der Waals surface area contributed by atoms with Crippen molar-refractivity contribution < 1.29 is 18.8 Å². The van der Waals surface area contributed by atoms with Crippen LogP contribution >= 0.6 is 0 Å². The fourth-order valence-corrected chi connectivity index (χ4v) is 2.82. The minimum Gasteiger partial charge on any atom is -0.497 e. The van der Waals surface area contributed by atoms with Crippen molar-refractivity contribution in [2.75, 3.05) is 33.8 Å². The monoisotopic (exact) mass is 333 g/mol. The molecule has 6 heteroatoms. The first-order valence-corrected chi connectivity index (χ1v) is 8.18. The summed E-state index contributed by atoms with van der Waals surface area (Å²) >= 11 is 0. The van der Waals surface area contributed by atoms with Crippen LogP contribution in [0.3, 0.4) is 0 Å². The van der Waals surface area contributed by atoms with Crippen LogP contribution in [0.25, 0.3) is 11.0 Å². The normalized spacial score (nSPS) is 12.2. The van der Waals surface area contributed by atoms with Gasteiger partial charge in [-0.3, -0.25) is 4.79 Å². The molecule has 0 aliphatic rings. The van der Waals surface area contributed by atoms with E-state index in [0.29, 0.717) is 37.5 Å². The van der Waals surface area contributed by atoms with Crippen molar-refractivity contribution in [3.05, 3.63) is 40.2 Å². The van der Waals surface area contributed by atoms with E-state index in [9.17, 15) is 9.59 Å². The number of rotatable bonds is 7. The highest BCUT2D eigenvalue weighted by atomic mass is 16.5. The van der Waals surface area contributed by atoms with E-state index in [0.717, 1.165) is 15.8 Å². The highest BCUT2D eigenvalue weighted by molar-refractivity contribution is 5.81. The van der Waals surface area contributed by atoms with E-state index >= 15 is 0 Å². The zero-order valence-corrected chi connectivity index (χ0v) is 14.7. The fourth-order valence-electron chi connectivity index (χ4n) is 2.82. The number of hydrogen-bond acceptors (Lipinski definition) is 4. The number of methoxy groups -OCH3 is 1. The van der Waals surface area contributed by atoms with Crippen molar-refractivity contribution in [1.82, 2.24) is 4.90 Å². The van der Waals surface area contributed by atoms with Gasteiger partial charge in [-0.05, 0) is 26.0 Å². The number of amides is 1. The molecule has 1 aromatic carbocycles. The number of carbonyl (C=O) groups is 1. The molecule has 24 heavy (non-hydrogen) atoms. The maximum absolute atomic E-state index is 12.2. The lowest BCUT2D eigenvalue weighted by molar-refractivity contribution is -0.885. The van der Waals surface area contributed by atoms with E-state index in [2.05, 4.69) is 0 Å². The number of carbonyl (C=O) groups excluding carboxylic acids is 1. The second-order valence-corrected chi connectivity index (χ2v) is 5.83. The number of nitrogens with one attached hydrogen (secondary N) is 1. The van der Waals surface area contributed by atoms with Gasteiger partial charge in [0.2, 0.25) is 0 Å². The Morgan fingerprint density at radius 1 is 1.25 bits per heavy atom. The molecule has 1 heterocycles. The molecule has 2 rings (SSSR count). The summed E-state index contributed by atoms with van der Waals surface area (Å²) in [5, 5.41) is 0.866. The molecule has 0 radical (unpaired) electrons. The molecule has 6 nitrogen and oxygen atoms in total. The van der Waals surface area contributed by atoms with Crippen LogP contribution in [0.4, 0.5) is 0 Å². The van der Waals surface area contributed by atoms with Crippen LogP contribution in [0.1, 0.15) is 19.4 Å². The molecule has 2 aromatic rings. The second kappa shape index (κ2) is 7.97. The highest BCUT2D eigenvalue weighted by Crippen LogP contribution is 2.22. The number of quaternary nitrogens is 1. The molecule has 0 saturated heterocycles. The number of benzene rings is 1. The first kappa shape index (κ1) is 18.0. The fraction of sp³-hybridized carbons (Fsp3) is 0.444. The number of ether oxygens (including phenoxy) is 1. The molecule has 0 aliphatic heterocycles. The summed E-state index contributed by atoms with van der Waals surface area (Å²) < 4.78 is 10.4. The maximum atomic E-state index is 12.2. The first-order valence-electron chi connectivity index (χ1n) is 8.18. The van der Waals surface area contributed by atoms with Crippen molar-refractivity contribution in [1.29, 1.82) is 0 Å². The predicted molar refractivity (Wildman–Crippen MR) is 92.4 cm³/mol. The Kier molecular flexibility index (Phi) is 5.98. The smallest absolute Gasteiger partial charge is 0.336 e. The molecule has 1 aromatic heterocycles. The van der Waals surface area contributed by atoms with Gasteiger partial charge in [0.1, 0.15) is 17.9 Å². The third kappa shape index (κ3) is 4.14. The molecule has 0 saturated carbocycles. The Bertz CT molecular complexity index is 765. The van der Waals surface area contributed by atoms with Gasteiger partial charge >= 0.3 is 5.63 Å². The molecule has 1 amide bonds. The summed E-state index contributed by atoms with van der Waals surface area (Å²) in [6.07, 6.45) is 0. The number of likely N-dealkylation sites (N-methyl/N-ethyl adjacent to an activating group) is 2. The predicted octanol–water partition coefficient (Wildman–Crippen LogP) is 0.685. The SMILES string of the molecule is CCN(CC)C(=O)C[NH+](C)Cc1cc(=O)oc2cc(OC)ccc12. The molecule has 0 aliphatic carbocycles. The molecule has 1 N–H and O–H groups in total. The van der Waals surface area contributed by atoms with Gasteiger partial charge in [-0.1, -0.05) is 0 Å². The van der Waals surface area contributed by atoms with Crippen LogP contribution in [-0.2, 0) is 11.3 Å². The Morgan fingerprint density at radius 2 is 1.96 bits per heavy atom. The third-order valence-corrected chi connectivity index (χ3v) is 4.10. The summed E-state index contributed by atoms with van der Waals surface area (Å²) in [7, 11) is 3.52. The zero-order chi connectivity index (χ0) is 17.7. The first-order chi connectivity index (χ1) is 11.5. The molecule has 130 valence electrons. The Hall–Kier alpha value is -2.34. The van der Waals surface area contributed by atoms with E-state index in [-0.39, 0.29) is 5.91 Å². The summed E-state index contributed by atoms with van der Waals surface area (Å²) in [6.45, 7) is 6.32. The third-order valence-electron chi connectivity index (χ3n) is 4.10. The summed E-state index contributed by atoms with van der Waals surface area (Å²) in [5.41, 5.74) is 0.974. The average Bonchev–Trinajstić information content (AvgIpc) is 2.54. The van der Waals surface area contributed by atoms with E-state index in [1.807, 2.05) is 37.9 Å². The second-order valence-electron chi connectivity index (χ2n) is 5.83. The molecule has 1 atom stereocenters. The summed E-state index contributed by atoms with van der Waals surface area (Å²) in [5.74, 6) is 0.756. The van der Waals surface area contributed by atoms with Gasteiger partial charge in [-0.2, -0.15) is 0 Å². The van der Waals surface area contributed by atoms with Crippen molar-refractivity contribution >= 4 is 16.9 Å². The van der Waals surface area contributed by atoms with Gasteiger partial charge in [0.15, 0.2) is 6.54 Å². The summed E-state index contributed by atoms with van der Waals surface area (Å²) in [4.78, 5) is 26.9. The Labute approximate surface area is 141 Å². The molecular formula is C18H25N2O4+. The standard InChI is InChI=1S/C18H24N2O4/c1-5-20(6-2)17(21)12-19(3)11-13-9-18(22)24-16-10-14(23-4)7-8-15(13)16/h7-10H,5-6,11-12H2,1-4H3/p+1. The minimum absolute atomic E-state index is 0.117. The van der Waals surface area contributed by atoms with Crippen LogP contribution in [0.15, 0.2) is 33.5 Å². The van der Waals surface area contributed by atoms with E-state index in [1.165, 1.54) is 6.07 Å². The van der Waals surface area contributed by atoms with Crippen LogP contribution in [0.5, 0.6) is 5.75 Å². The zero-order valence-electron chi connectivity index (χ0n) is 14.7. The Balaban J connectivity index is 2.23. The van der Waals surface area contributed by atoms with Crippen LogP contribution in [0.2, 0.25) is 0 Å². The van der Waals surface area contributed by atoms with Gasteiger partial charge in [0.25, 0.3) is 5.91 Å². The number of hydrogen-bond donors (Lipinski definition) is 1. The van der Waals surface area contributed by atoms with Gasteiger partial charge in [-0.25, -0.2) is 4.79 Å². The van der Waals surface area contributed by atoms with E-state index in [4.69, 9.17) is 9.15 Å². The number of fused-ring (bicyclic) bond motifs is 1. The average molecular weight is 333 g/mol. The quantitative estimate of drug-likeness (QED) is 0.757. The van der Waals surface area contributed by atoms with E-state index in [1.54, 1.807) is 13.2 Å². The van der Waals surface area contributed by atoms with Crippen LogP contribution in [0, 0.1) is 0 Å². The minimum atomic E-state index is -0.395. The summed E-state index contributed by atoms with van der Waals surface area (Å²) in [6, 6.07) is 6.92. The lowest BCUT2D eigenvalue weighted by atomic mass is 10.1. The molecule has 0 bridgehead atoms. The highest BCUT2D eigenvalue weighted by Gasteiger charge is 2.17. The molecule has 0 spiro atoms. The largest absolute Gasteiger partial charge is 0.497 e. The lowest BCUT2D eigenvalue weighted by Gasteiger charge is -2.21. The molecular weight excluding hydrogens is 308 g/mol. The topological polar surface area (TPSA) is 64.2 Å². The van der Waals surface area contributed by atoms with Crippen molar-refractivity contribution in [2.45, 2.75) is 20.4 Å². The lowest BCUT2D eigenvalue weighted by Crippen LogP contribution is -3.08.